The lowest BCUT2D eigenvalue weighted by Crippen LogP contribution is -2.47. The summed E-state index contributed by atoms with van der Waals surface area (Å²) in [6, 6.07) is 3.05. The first-order chi connectivity index (χ1) is 9.96. The van der Waals surface area contributed by atoms with Crippen LogP contribution in [0.15, 0.2) is 16.6 Å². The van der Waals surface area contributed by atoms with Gasteiger partial charge in [0.05, 0.1) is 4.47 Å². The van der Waals surface area contributed by atoms with Gasteiger partial charge >= 0.3 is 0 Å². The predicted octanol–water partition coefficient (Wildman–Crippen LogP) is 4.15. The molecule has 1 aromatic carbocycles. The molecule has 0 spiro atoms. The molecule has 2 rings (SSSR count). The van der Waals surface area contributed by atoms with Crippen molar-refractivity contribution >= 4 is 27.5 Å². The van der Waals surface area contributed by atoms with Crippen LogP contribution in [0.4, 0.5) is 10.1 Å². The fourth-order valence-electron chi connectivity index (χ4n) is 3.03. The number of amides is 1. The number of halogens is 2. The number of hydrogen-bond acceptors (Lipinski definition) is 2. The SMILES string of the molecule is CNC1(CC(=O)Nc2cc(F)c(Br)cc2C)CCCCC1. The van der Waals surface area contributed by atoms with E-state index in [-0.39, 0.29) is 17.3 Å². The topological polar surface area (TPSA) is 41.1 Å². The van der Waals surface area contributed by atoms with Crippen molar-refractivity contribution < 1.29 is 9.18 Å². The minimum absolute atomic E-state index is 0.0592. The first-order valence-electron chi connectivity index (χ1n) is 7.40. The van der Waals surface area contributed by atoms with E-state index in [2.05, 4.69) is 26.6 Å². The summed E-state index contributed by atoms with van der Waals surface area (Å²) in [7, 11) is 1.92. The molecule has 0 saturated heterocycles. The Morgan fingerprint density at radius 3 is 2.62 bits per heavy atom. The lowest BCUT2D eigenvalue weighted by molar-refractivity contribution is -0.117. The van der Waals surface area contributed by atoms with Crippen LogP contribution < -0.4 is 10.6 Å². The van der Waals surface area contributed by atoms with Crippen molar-refractivity contribution in [3.05, 3.63) is 28.0 Å². The average Bonchev–Trinajstić information content (AvgIpc) is 2.45. The Morgan fingerprint density at radius 1 is 1.33 bits per heavy atom. The van der Waals surface area contributed by atoms with Crippen LogP contribution in [0.1, 0.15) is 44.1 Å². The van der Waals surface area contributed by atoms with E-state index in [9.17, 15) is 9.18 Å². The smallest absolute Gasteiger partial charge is 0.226 e. The maximum atomic E-state index is 13.6. The summed E-state index contributed by atoms with van der Waals surface area (Å²) in [6.45, 7) is 1.86. The van der Waals surface area contributed by atoms with Crippen molar-refractivity contribution in [3.8, 4) is 0 Å². The fraction of sp³-hybridized carbons (Fsp3) is 0.562. The minimum Gasteiger partial charge on any atom is -0.326 e. The molecule has 0 radical (unpaired) electrons. The molecule has 3 nitrogen and oxygen atoms in total. The van der Waals surface area contributed by atoms with Crippen LogP contribution in [-0.2, 0) is 4.79 Å². The number of carbonyl (C=O) groups is 1. The van der Waals surface area contributed by atoms with E-state index < -0.39 is 0 Å². The third-order valence-corrected chi connectivity index (χ3v) is 4.99. The van der Waals surface area contributed by atoms with Gasteiger partial charge in [-0.25, -0.2) is 4.39 Å². The molecule has 21 heavy (non-hydrogen) atoms. The van der Waals surface area contributed by atoms with Gasteiger partial charge in [-0.1, -0.05) is 19.3 Å². The summed E-state index contributed by atoms with van der Waals surface area (Å²) < 4.78 is 14.0. The van der Waals surface area contributed by atoms with Crippen molar-refractivity contribution in [1.29, 1.82) is 0 Å². The summed E-state index contributed by atoms with van der Waals surface area (Å²) in [4.78, 5) is 12.3. The molecule has 1 aromatic rings. The van der Waals surface area contributed by atoms with Crippen molar-refractivity contribution in [2.24, 2.45) is 0 Å². The summed E-state index contributed by atoms with van der Waals surface area (Å²) >= 11 is 3.15. The Labute approximate surface area is 133 Å². The van der Waals surface area contributed by atoms with Crippen LogP contribution in [0.3, 0.4) is 0 Å². The standard InChI is InChI=1S/C16H22BrFN2O/c1-11-8-12(17)13(18)9-14(11)20-15(21)10-16(19-2)6-4-3-5-7-16/h8-9,19H,3-7,10H2,1-2H3,(H,20,21). The van der Waals surface area contributed by atoms with Crippen LogP contribution in [0, 0.1) is 12.7 Å². The minimum atomic E-state index is -0.364. The highest BCUT2D eigenvalue weighted by Gasteiger charge is 2.32. The number of hydrogen-bond donors (Lipinski definition) is 2. The molecular weight excluding hydrogens is 335 g/mol. The van der Waals surface area contributed by atoms with Gasteiger partial charge in [0.15, 0.2) is 0 Å². The highest BCUT2D eigenvalue weighted by molar-refractivity contribution is 9.10. The van der Waals surface area contributed by atoms with E-state index in [1.165, 1.54) is 12.5 Å². The predicted molar refractivity (Wildman–Crippen MR) is 87.0 cm³/mol. The van der Waals surface area contributed by atoms with E-state index in [1.807, 2.05) is 14.0 Å². The van der Waals surface area contributed by atoms with Crippen LogP contribution in [0.5, 0.6) is 0 Å². The van der Waals surface area contributed by atoms with Gasteiger partial charge in [0.2, 0.25) is 5.91 Å². The zero-order chi connectivity index (χ0) is 15.5. The van der Waals surface area contributed by atoms with Gasteiger partial charge in [-0.2, -0.15) is 0 Å². The number of benzene rings is 1. The van der Waals surface area contributed by atoms with E-state index in [0.717, 1.165) is 31.2 Å². The van der Waals surface area contributed by atoms with Crippen molar-refractivity contribution in [2.75, 3.05) is 12.4 Å². The second-order valence-electron chi connectivity index (χ2n) is 5.90. The highest BCUT2D eigenvalue weighted by Crippen LogP contribution is 2.31. The van der Waals surface area contributed by atoms with Gasteiger partial charge in [0.1, 0.15) is 5.82 Å². The second kappa shape index (κ2) is 6.88. The zero-order valence-electron chi connectivity index (χ0n) is 12.6. The van der Waals surface area contributed by atoms with Crippen molar-refractivity contribution in [1.82, 2.24) is 5.32 Å². The number of nitrogens with one attached hydrogen (secondary N) is 2. The fourth-order valence-corrected chi connectivity index (χ4v) is 3.48. The average molecular weight is 357 g/mol. The van der Waals surface area contributed by atoms with Crippen molar-refractivity contribution in [2.45, 2.75) is 51.0 Å². The molecule has 0 aromatic heterocycles. The molecular formula is C16H22BrFN2O. The van der Waals surface area contributed by atoms with E-state index in [0.29, 0.717) is 16.6 Å². The van der Waals surface area contributed by atoms with Gasteiger partial charge < -0.3 is 10.6 Å². The van der Waals surface area contributed by atoms with Gasteiger partial charge in [0, 0.05) is 17.6 Å². The number of anilines is 1. The molecule has 0 atom stereocenters. The first-order valence-corrected chi connectivity index (χ1v) is 8.19. The summed E-state index contributed by atoms with van der Waals surface area (Å²) in [5.74, 6) is -0.423. The number of rotatable bonds is 4. The van der Waals surface area contributed by atoms with Crippen LogP contribution in [-0.4, -0.2) is 18.5 Å². The third-order valence-electron chi connectivity index (χ3n) is 4.38. The number of aryl methyl sites for hydroxylation is 1. The largest absolute Gasteiger partial charge is 0.326 e. The van der Waals surface area contributed by atoms with Gasteiger partial charge in [-0.3, -0.25) is 4.79 Å². The number of carbonyl (C=O) groups excluding carboxylic acids is 1. The normalized spacial score (nSPS) is 17.5. The van der Waals surface area contributed by atoms with E-state index in [4.69, 9.17) is 0 Å². The maximum absolute atomic E-state index is 13.6. The Kier molecular flexibility index (Phi) is 5.38. The first kappa shape index (κ1) is 16.4. The van der Waals surface area contributed by atoms with Gasteiger partial charge in [-0.05, 0) is 60.4 Å². The van der Waals surface area contributed by atoms with Gasteiger partial charge in [0.25, 0.3) is 0 Å². The second-order valence-corrected chi connectivity index (χ2v) is 6.75. The van der Waals surface area contributed by atoms with E-state index in [1.54, 1.807) is 6.07 Å². The zero-order valence-corrected chi connectivity index (χ0v) is 14.1. The molecule has 5 heteroatoms. The molecule has 1 aliphatic carbocycles. The molecule has 1 aliphatic rings. The molecule has 0 heterocycles. The lowest BCUT2D eigenvalue weighted by atomic mass is 9.79. The molecule has 0 unspecified atom stereocenters. The Balaban J connectivity index is 2.06. The Morgan fingerprint density at radius 2 is 2.00 bits per heavy atom. The van der Waals surface area contributed by atoms with E-state index >= 15 is 0 Å². The summed E-state index contributed by atoms with van der Waals surface area (Å²) in [5.41, 5.74) is 1.28. The molecule has 116 valence electrons. The lowest BCUT2D eigenvalue weighted by Gasteiger charge is -2.36. The van der Waals surface area contributed by atoms with Crippen LogP contribution in [0.25, 0.3) is 0 Å². The Hall–Kier alpha value is -0.940. The molecule has 2 N–H and O–H groups in total. The third kappa shape index (κ3) is 4.04. The monoisotopic (exact) mass is 356 g/mol. The maximum Gasteiger partial charge on any atom is 0.226 e. The van der Waals surface area contributed by atoms with Gasteiger partial charge in [-0.15, -0.1) is 0 Å². The summed E-state index contributed by atoms with van der Waals surface area (Å²) in [5, 5.41) is 6.17. The Bertz CT molecular complexity index is 527. The van der Waals surface area contributed by atoms with Crippen LogP contribution >= 0.6 is 15.9 Å². The molecule has 1 fully saturated rings. The highest BCUT2D eigenvalue weighted by atomic mass is 79.9. The molecule has 0 bridgehead atoms. The quantitative estimate of drug-likeness (QED) is 0.850. The van der Waals surface area contributed by atoms with Crippen LogP contribution in [0.2, 0.25) is 0 Å². The summed E-state index contributed by atoms with van der Waals surface area (Å²) in [6.07, 6.45) is 6.01. The molecule has 0 aliphatic heterocycles. The molecule has 1 amide bonds. The molecule has 1 saturated carbocycles. The van der Waals surface area contributed by atoms with Crippen molar-refractivity contribution in [3.63, 3.8) is 0 Å².